The fourth-order valence-electron chi connectivity index (χ4n) is 2.59. The molecule has 0 bridgehead atoms. The number of rotatable bonds is 5. The van der Waals surface area contributed by atoms with Crippen LogP contribution >= 0.6 is 0 Å². The van der Waals surface area contributed by atoms with Gasteiger partial charge in [0.05, 0.1) is 0 Å². The fourth-order valence-corrected chi connectivity index (χ4v) is 2.59. The number of hydrogen-bond acceptors (Lipinski definition) is 1. The lowest BCUT2D eigenvalue weighted by Crippen LogP contribution is -2.20. The SMILES string of the molecule is C1CCCC(CCNCC2CC2)CC1. The number of hydrogen-bond donors (Lipinski definition) is 1. The van der Waals surface area contributed by atoms with Crippen LogP contribution in [0.3, 0.4) is 0 Å². The van der Waals surface area contributed by atoms with E-state index < -0.39 is 0 Å². The predicted molar refractivity (Wildman–Crippen MR) is 61.4 cm³/mol. The van der Waals surface area contributed by atoms with Gasteiger partial charge in [0.2, 0.25) is 0 Å². The van der Waals surface area contributed by atoms with Crippen molar-refractivity contribution in [1.82, 2.24) is 5.32 Å². The van der Waals surface area contributed by atoms with E-state index in [1.54, 1.807) is 0 Å². The van der Waals surface area contributed by atoms with Gasteiger partial charge in [0.25, 0.3) is 0 Å². The van der Waals surface area contributed by atoms with Gasteiger partial charge in [-0.25, -0.2) is 0 Å². The first-order valence-corrected chi connectivity index (χ1v) is 6.66. The monoisotopic (exact) mass is 195 g/mol. The Labute approximate surface area is 88.7 Å². The van der Waals surface area contributed by atoms with Gasteiger partial charge in [-0.2, -0.15) is 0 Å². The van der Waals surface area contributed by atoms with Crippen molar-refractivity contribution >= 4 is 0 Å². The molecule has 0 aromatic heterocycles. The first-order chi connectivity index (χ1) is 6.95. The summed E-state index contributed by atoms with van der Waals surface area (Å²) in [6.07, 6.45) is 13.4. The van der Waals surface area contributed by atoms with Crippen LogP contribution < -0.4 is 5.32 Å². The maximum atomic E-state index is 3.62. The third-order valence-electron chi connectivity index (χ3n) is 3.83. The molecular weight excluding hydrogens is 170 g/mol. The standard InChI is InChI=1S/C13H25N/c1-2-4-6-12(5-3-1)9-10-14-11-13-7-8-13/h12-14H,1-11H2. The van der Waals surface area contributed by atoms with E-state index in [9.17, 15) is 0 Å². The lowest BCUT2D eigenvalue weighted by atomic mass is 9.97. The van der Waals surface area contributed by atoms with Crippen LogP contribution in [0.5, 0.6) is 0 Å². The van der Waals surface area contributed by atoms with Crippen molar-refractivity contribution in [2.24, 2.45) is 11.8 Å². The zero-order chi connectivity index (χ0) is 9.64. The maximum Gasteiger partial charge on any atom is -0.00205 e. The molecule has 0 heterocycles. The Kier molecular flexibility index (Phi) is 4.30. The fraction of sp³-hybridized carbons (Fsp3) is 1.00. The first kappa shape index (κ1) is 10.5. The topological polar surface area (TPSA) is 12.0 Å². The van der Waals surface area contributed by atoms with Gasteiger partial charge in [0, 0.05) is 0 Å². The minimum absolute atomic E-state index is 1.05. The van der Waals surface area contributed by atoms with Crippen LogP contribution in [0.15, 0.2) is 0 Å². The highest BCUT2D eigenvalue weighted by Crippen LogP contribution is 2.28. The molecule has 0 radical (unpaired) electrons. The van der Waals surface area contributed by atoms with E-state index in [2.05, 4.69) is 5.32 Å². The summed E-state index contributed by atoms with van der Waals surface area (Å²) in [6, 6.07) is 0. The molecular formula is C13H25N. The van der Waals surface area contributed by atoms with E-state index >= 15 is 0 Å². The van der Waals surface area contributed by atoms with E-state index in [-0.39, 0.29) is 0 Å². The van der Waals surface area contributed by atoms with Crippen molar-refractivity contribution in [2.45, 2.75) is 57.8 Å². The van der Waals surface area contributed by atoms with Gasteiger partial charge >= 0.3 is 0 Å². The van der Waals surface area contributed by atoms with Gasteiger partial charge in [-0.15, -0.1) is 0 Å². The summed E-state index contributed by atoms with van der Waals surface area (Å²) in [7, 11) is 0. The van der Waals surface area contributed by atoms with E-state index in [4.69, 9.17) is 0 Å². The summed E-state index contributed by atoms with van der Waals surface area (Å²) in [5, 5.41) is 3.62. The third-order valence-corrected chi connectivity index (χ3v) is 3.83. The van der Waals surface area contributed by atoms with Crippen LogP contribution in [-0.2, 0) is 0 Å². The Morgan fingerprint density at radius 2 is 1.50 bits per heavy atom. The minimum atomic E-state index is 1.05. The molecule has 14 heavy (non-hydrogen) atoms. The van der Waals surface area contributed by atoms with E-state index in [1.165, 1.54) is 70.9 Å². The first-order valence-electron chi connectivity index (χ1n) is 6.66. The molecule has 1 heteroatoms. The molecule has 0 amide bonds. The van der Waals surface area contributed by atoms with Crippen LogP contribution in [-0.4, -0.2) is 13.1 Å². The van der Waals surface area contributed by atoms with Gasteiger partial charge in [-0.3, -0.25) is 0 Å². The molecule has 1 N–H and O–H groups in total. The molecule has 0 aromatic rings. The maximum absolute atomic E-state index is 3.62. The van der Waals surface area contributed by atoms with Gasteiger partial charge in [0.1, 0.15) is 0 Å². The molecule has 2 saturated carbocycles. The van der Waals surface area contributed by atoms with Crippen molar-refractivity contribution in [1.29, 1.82) is 0 Å². The number of nitrogens with one attached hydrogen (secondary N) is 1. The second-order valence-electron chi connectivity index (χ2n) is 5.29. The van der Waals surface area contributed by atoms with Crippen molar-refractivity contribution in [2.75, 3.05) is 13.1 Å². The highest BCUT2D eigenvalue weighted by Gasteiger charge is 2.20. The van der Waals surface area contributed by atoms with E-state index in [0.29, 0.717) is 0 Å². The van der Waals surface area contributed by atoms with Crippen LogP contribution in [0.4, 0.5) is 0 Å². The highest BCUT2D eigenvalue weighted by atomic mass is 14.9. The molecule has 0 spiro atoms. The highest BCUT2D eigenvalue weighted by molar-refractivity contribution is 4.75. The van der Waals surface area contributed by atoms with Gasteiger partial charge in [0.15, 0.2) is 0 Å². The zero-order valence-corrected chi connectivity index (χ0v) is 9.43. The molecule has 2 aliphatic carbocycles. The Hall–Kier alpha value is -0.0400. The molecule has 2 rings (SSSR count). The lowest BCUT2D eigenvalue weighted by molar-refractivity contribution is 0.413. The summed E-state index contributed by atoms with van der Waals surface area (Å²) in [5.74, 6) is 2.09. The lowest BCUT2D eigenvalue weighted by Gasteiger charge is -2.13. The molecule has 1 nitrogen and oxygen atoms in total. The summed E-state index contributed by atoms with van der Waals surface area (Å²) >= 11 is 0. The van der Waals surface area contributed by atoms with Crippen LogP contribution in [0.25, 0.3) is 0 Å². The van der Waals surface area contributed by atoms with E-state index in [1.807, 2.05) is 0 Å². The molecule has 0 aromatic carbocycles. The largest absolute Gasteiger partial charge is 0.316 e. The molecule has 2 fully saturated rings. The quantitative estimate of drug-likeness (QED) is 0.524. The molecule has 0 unspecified atom stereocenters. The Bertz CT molecular complexity index is 143. The third kappa shape index (κ3) is 4.00. The second kappa shape index (κ2) is 5.75. The van der Waals surface area contributed by atoms with Gasteiger partial charge in [-0.05, 0) is 44.2 Å². The summed E-state index contributed by atoms with van der Waals surface area (Å²) in [6.45, 7) is 2.58. The average molecular weight is 195 g/mol. The average Bonchev–Trinajstić information content (AvgIpc) is 3.01. The summed E-state index contributed by atoms with van der Waals surface area (Å²) < 4.78 is 0. The predicted octanol–water partition coefficient (Wildman–Crippen LogP) is 3.35. The smallest absolute Gasteiger partial charge is 0.00205 e. The van der Waals surface area contributed by atoms with Crippen LogP contribution in [0, 0.1) is 11.8 Å². The van der Waals surface area contributed by atoms with Crippen molar-refractivity contribution in [3.63, 3.8) is 0 Å². The van der Waals surface area contributed by atoms with Gasteiger partial charge < -0.3 is 5.32 Å². The van der Waals surface area contributed by atoms with Crippen LogP contribution in [0.1, 0.15) is 57.8 Å². The minimum Gasteiger partial charge on any atom is -0.316 e. The van der Waals surface area contributed by atoms with E-state index in [0.717, 1.165) is 11.8 Å². The van der Waals surface area contributed by atoms with Crippen molar-refractivity contribution in [3.8, 4) is 0 Å². The summed E-state index contributed by atoms with van der Waals surface area (Å²) in [4.78, 5) is 0. The summed E-state index contributed by atoms with van der Waals surface area (Å²) in [5.41, 5.74) is 0. The molecule has 0 saturated heterocycles. The Balaban J connectivity index is 1.49. The van der Waals surface area contributed by atoms with Crippen LogP contribution in [0.2, 0.25) is 0 Å². The Morgan fingerprint density at radius 3 is 2.14 bits per heavy atom. The molecule has 82 valence electrons. The molecule has 0 atom stereocenters. The zero-order valence-electron chi connectivity index (χ0n) is 9.43. The normalized spacial score (nSPS) is 24.9. The Morgan fingerprint density at radius 1 is 0.786 bits per heavy atom. The molecule has 0 aliphatic heterocycles. The van der Waals surface area contributed by atoms with Gasteiger partial charge in [-0.1, -0.05) is 38.5 Å². The van der Waals surface area contributed by atoms with Crippen molar-refractivity contribution in [3.05, 3.63) is 0 Å². The second-order valence-corrected chi connectivity index (χ2v) is 5.29. The van der Waals surface area contributed by atoms with Crippen molar-refractivity contribution < 1.29 is 0 Å². The molecule has 2 aliphatic rings.